The third kappa shape index (κ3) is 3.54. The molecule has 5 N–H and O–H groups in total. The van der Waals surface area contributed by atoms with Gasteiger partial charge in [-0.05, 0) is 28.8 Å². The summed E-state index contributed by atoms with van der Waals surface area (Å²) in [6, 6.07) is 13.9. The Morgan fingerprint density at radius 2 is 1.88 bits per heavy atom. The highest BCUT2D eigenvalue weighted by molar-refractivity contribution is 5.94. The zero-order chi connectivity index (χ0) is 18.7. The molecule has 0 aromatic heterocycles. The molecule has 2 unspecified atom stereocenters. The first-order chi connectivity index (χ1) is 12.5. The molecule has 1 aliphatic rings. The standard InChI is InChI=1S/C19H21N3O4/c20-19(26)22-10-14-3-1-2-4-16(14)17(22)12-5-7-13(8-6-12)18(25)21-9-15(24)11-23/h1-8,15,17,23-24H,9-11H2,(H2,20,26)(H,21,25). The number of rotatable bonds is 5. The van der Waals surface area contributed by atoms with Crippen molar-refractivity contribution >= 4 is 11.9 Å². The number of nitrogens with zero attached hydrogens (tertiary/aromatic N) is 1. The van der Waals surface area contributed by atoms with Gasteiger partial charge in [0.2, 0.25) is 0 Å². The smallest absolute Gasteiger partial charge is 0.315 e. The molecule has 0 fully saturated rings. The Morgan fingerprint density at radius 3 is 2.54 bits per heavy atom. The van der Waals surface area contributed by atoms with Crippen LogP contribution >= 0.6 is 0 Å². The highest BCUT2D eigenvalue weighted by atomic mass is 16.3. The minimum Gasteiger partial charge on any atom is -0.394 e. The summed E-state index contributed by atoms with van der Waals surface area (Å²) >= 11 is 0. The fourth-order valence-corrected chi connectivity index (χ4v) is 3.15. The molecule has 0 saturated carbocycles. The van der Waals surface area contributed by atoms with Crippen molar-refractivity contribution in [3.05, 3.63) is 70.8 Å². The summed E-state index contributed by atoms with van der Waals surface area (Å²) in [5.74, 6) is -0.345. The van der Waals surface area contributed by atoms with Gasteiger partial charge in [-0.25, -0.2) is 4.79 Å². The second-order valence-corrected chi connectivity index (χ2v) is 6.24. The lowest BCUT2D eigenvalue weighted by molar-refractivity contribution is 0.0802. The van der Waals surface area contributed by atoms with Crippen molar-refractivity contribution in [3.8, 4) is 0 Å². The van der Waals surface area contributed by atoms with Crippen LogP contribution in [0, 0.1) is 0 Å². The monoisotopic (exact) mass is 355 g/mol. The predicted octanol–water partition coefficient (Wildman–Crippen LogP) is 0.753. The van der Waals surface area contributed by atoms with Gasteiger partial charge in [-0.15, -0.1) is 0 Å². The summed E-state index contributed by atoms with van der Waals surface area (Å²) in [4.78, 5) is 25.5. The molecule has 7 nitrogen and oxygen atoms in total. The third-order valence-electron chi connectivity index (χ3n) is 4.48. The number of fused-ring (bicyclic) bond motifs is 1. The van der Waals surface area contributed by atoms with Crippen LogP contribution in [0.3, 0.4) is 0 Å². The van der Waals surface area contributed by atoms with Crippen molar-refractivity contribution in [2.75, 3.05) is 13.2 Å². The number of hydrogen-bond acceptors (Lipinski definition) is 4. The van der Waals surface area contributed by atoms with Crippen LogP contribution in [-0.4, -0.2) is 46.3 Å². The largest absolute Gasteiger partial charge is 0.394 e. The number of aliphatic hydroxyl groups excluding tert-OH is 2. The number of nitrogens with one attached hydrogen (secondary N) is 1. The Labute approximate surface area is 151 Å². The van der Waals surface area contributed by atoms with Crippen LogP contribution in [0.4, 0.5) is 4.79 Å². The van der Waals surface area contributed by atoms with Gasteiger partial charge in [0.05, 0.1) is 18.8 Å². The fraction of sp³-hybridized carbons (Fsp3) is 0.263. The summed E-state index contributed by atoms with van der Waals surface area (Å²) in [5.41, 5.74) is 8.91. The van der Waals surface area contributed by atoms with Crippen molar-refractivity contribution < 1.29 is 19.8 Å². The molecule has 26 heavy (non-hydrogen) atoms. The van der Waals surface area contributed by atoms with E-state index < -0.39 is 18.7 Å². The number of carbonyl (C=O) groups excluding carboxylic acids is 2. The number of hydrogen-bond donors (Lipinski definition) is 4. The quantitative estimate of drug-likeness (QED) is 0.633. The Morgan fingerprint density at radius 1 is 1.19 bits per heavy atom. The van der Waals surface area contributed by atoms with Gasteiger partial charge in [-0.2, -0.15) is 0 Å². The summed E-state index contributed by atoms with van der Waals surface area (Å²) in [6.07, 6.45) is -0.989. The van der Waals surface area contributed by atoms with Gasteiger partial charge in [0.25, 0.3) is 5.91 Å². The Balaban J connectivity index is 1.81. The average molecular weight is 355 g/mol. The molecule has 3 amide bonds. The van der Waals surface area contributed by atoms with E-state index in [9.17, 15) is 14.7 Å². The molecule has 2 atom stereocenters. The number of carbonyl (C=O) groups is 2. The molecule has 0 bridgehead atoms. The normalized spacial score (nSPS) is 16.8. The van der Waals surface area contributed by atoms with E-state index in [4.69, 9.17) is 10.8 Å². The number of primary amides is 1. The van der Waals surface area contributed by atoms with Crippen LogP contribution in [0.15, 0.2) is 48.5 Å². The Bertz CT molecular complexity index is 807. The van der Waals surface area contributed by atoms with Crippen LogP contribution in [0.5, 0.6) is 0 Å². The summed E-state index contributed by atoms with van der Waals surface area (Å²) in [7, 11) is 0. The van der Waals surface area contributed by atoms with Gasteiger partial charge >= 0.3 is 6.03 Å². The van der Waals surface area contributed by atoms with Crippen molar-refractivity contribution in [1.82, 2.24) is 10.2 Å². The van der Waals surface area contributed by atoms with Crippen molar-refractivity contribution in [2.45, 2.75) is 18.7 Å². The minimum absolute atomic E-state index is 0.0253. The van der Waals surface area contributed by atoms with Crippen LogP contribution in [0.25, 0.3) is 0 Å². The lowest BCUT2D eigenvalue weighted by atomic mass is 9.97. The summed E-state index contributed by atoms with van der Waals surface area (Å²) in [6.45, 7) is 0.0171. The fourth-order valence-electron chi connectivity index (χ4n) is 3.15. The first kappa shape index (κ1) is 17.9. The number of benzene rings is 2. The maximum atomic E-state index is 12.1. The minimum atomic E-state index is -0.989. The number of aliphatic hydroxyl groups is 2. The van der Waals surface area contributed by atoms with Crippen LogP contribution in [0.1, 0.15) is 33.1 Å². The van der Waals surface area contributed by atoms with E-state index in [1.165, 1.54) is 0 Å². The SMILES string of the molecule is NC(=O)N1Cc2ccccc2C1c1ccc(C(=O)NCC(O)CO)cc1. The van der Waals surface area contributed by atoms with Gasteiger partial charge in [-0.1, -0.05) is 36.4 Å². The predicted molar refractivity (Wildman–Crippen MR) is 95.3 cm³/mol. The lowest BCUT2D eigenvalue weighted by Crippen LogP contribution is -2.35. The highest BCUT2D eigenvalue weighted by Gasteiger charge is 2.33. The lowest BCUT2D eigenvalue weighted by Gasteiger charge is -2.24. The zero-order valence-corrected chi connectivity index (χ0v) is 14.1. The van der Waals surface area contributed by atoms with Crippen molar-refractivity contribution in [3.63, 3.8) is 0 Å². The molecule has 0 saturated heterocycles. The topological polar surface area (TPSA) is 116 Å². The van der Waals surface area contributed by atoms with E-state index in [2.05, 4.69) is 5.32 Å². The Kier molecular flexibility index (Phi) is 5.20. The van der Waals surface area contributed by atoms with E-state index in [1.807, 2.05) is 24.3 Å². The molecule has 1 aliphatic heterocycles. The van der Waals surface area contributed by atoms with Crippen molar-refractivity contribution in [1.29, 1.82) is 0 Å². The van der Waals surface area contributed by atoms with E-state index in [1.54, 1.807) is 29.2 Å². The zero-order valence-electron chi connectivity index (χ0n) is 14.1. The average Bonchev–Trinajstić information content (AvgIpc) is 3.05. The van der Waals surface area contributed by atoms with E-state index in [0.717, 1.165) is 16.7 Å². The molecular formula is C19H21N3O4. The molecule has 0 aliphatic carbocycles. The van der Waals surface area contributed by atoms with Crippen LogP contribution in [0.2, 0.25) is 0 Å². The van der Waals surface area contributed by atoms with Gasteiger partial charge in [0, 0.05) is 18.7 Å². The maximum absolute atomic E-state index is 12.1. The molecule has 0 spiro atoms. The summed E-state index contributed by atoms with van der Waals surface area (Å²) < 4.78 is 0. The maximum Gasteiger partial charge on any atom is 0.315 e. The van der Waals surface area contributed by atoms with Crippen LogP contribution in [-0.2, 0) is 6.54 Å². The summed E-state index contributed by atoms with van der Waals surface area (Å²) in [5, 5.41) is 20.6. The van der Waals surface area contributed by atoms with E-state index >= 15 is 0 Å². The van der Waals surface area contributed by atoms with Crippen LogP contribution < -0.4 is 11.1 Å². The molecule has 1 heterocycles. The van der Waals surface area contributed by atoms with Gasteiger partial charge < -0.3 is 26.2 Å². The molecular weight excluding hydrogens is 334 g/mol. The Hall–Kier alpha value is -2.90. The van der Waals surface area contributed by atoms with Crippen molar-refractivity contribution in [2.24, 2.45) is 5.73 Å². The molecule has 7 heteroatoms. The number of nitrogens with two attached hydrogens (primary N) is 1. The highest BCUT2D eigenvalue weighted by Crippen LogP contribution is 2.38. The molecule has 2 aromatic carbocycles. The second-order valence-electron chi connectivity index (χ2n) is 6.24. The second kappa shape index (κ2) is 7.55. The first-order valence-electron chi connectivity index (χ1n) is 8.32. The third-order valence-corrected chi connectivity index (χ3v) is 4.48. The van der Waals surface area contributed by atoms with E-state index in [0.29, 0.717) is 12.1 Å². The van der Waals surface area contributed by atoms with E-state index in [-0.39, 0.29) is 18.5 Å². The molecule has 136 valence electrons. The van der Waals surface area contributed by atoms with Gasteiger partial charge in [0.1, 0.15) is 0 Å². The van der Waals surface area contributed by atoms with Gasteiger partial charge in [-0.3, -0.25) is 4.79 Å². The molecule has 0 radical (unpaired) electrons. The number of urea groups is 1. The number of amides is 3. The molecule has 2 aromatic rings. The first-order valence-corrected chi connectivity index (χ1v) is 8.32. The van der Waals surface area contributed by atoms with Gasteiger partial charge in [0.15, 0.2) is 0 Å². The molecule has 3 rings (SSSR count).